The molecule has 2 aliphatic rings. The third kappa shape index (κ3) is 5.89. The molecule has 2 aliphatic heterocycles. The van der Waals surface area contributed by atoms with Gasteiger partial charge in [-0.25, -0.2) is 0 Å². The van der Waals surface area contributed by atoms with Crippen molar-refractivity contribution in [3.8, 4) is 0 Å². The molecule has 0 aromatic heterocycles. The van der Waals surface area contributed by atoms with Gasteiger partial charge in [0.05, 0.1) is 11.1 Å². The lowest BCUT2D eigenvalue weighted by Gasteiger charge is -2.41. The number of piperazine rings is 1. The van der Waals surface area contributed by atoms with Gasteiger partial charge in [0.1, 0.15) is 0 Å². The van der Waals surface area contributed by atoms with Gasteiger partial charge in [-0.15, -0.1) is 0 Å². The first-order valence-electron chi connectivity index (χ1n) is 9.34. The summed E-state index contributed by atoms with van der Waals surface area (Å²) in [4.78, 5) is 30.2. The number of hydrogen-bond acceptors (Lipinski definition) is 4. The molecular weight excluding hydrogens is 350 g/mol. The topological polar surface area (TPSA) is 43.9 Å². The number of benzene rings is 1. The predicted molar refractivity (Wildman–Crippen MR) is 119 cm³/mol. The lowest BCUT2D eigenvalue weighted by atomic mass is 10.1. The molecule has 1 fully saturated rings. The molecule has 1 aromatic rings. The fourth-order valence-corrected chi connectivity index (χ4v) is 3.28. The average molecular weight is 392 g/mol. The number of imide groups is 1. The standard InChI is InChI=1S/C12H13NO2.C9H20N2.2CH4/c1-12(2,3)13-10(14)8-6-4-5-7-9(8)11(13)15;1-9(2,3)11-7-5-10(4)6-8-11;;/h4-7H,1-3H3;5-8H2,1-4H3;2*1H4. The highest BCUT2D eigenvalue weighted by molar-refractivity contribution is 6.21. The van der Waals surface area contributed by atoms with Gasteiger partial charge in [-0.2, -0.15) is 0 Å². The molecule has 2 amide bonds. The Morgan fingerprint density at radius 3 is 1.43 bits per heavy atom. The van der Waals surface area contributed by atoms with Crippen molar-refractivity contribution < 1.29 is 9.59 Å². The van der Waals surface area contributed by atoms with E-state index in [1.54, 1.807) is 24.3 Å². The van der Waals surface area contributed by atoms with Crippen molar-refractivity contribution in [1.29, 1.82) is 0 Å². The summed E-state index contributed by atoms with van der Waals surface area (Å²) in [6.45, 7) is 17.3. The smallest absolute Gasteiger partial charge is 0.262 e. The van der Waals surface area contributed by atoms with Gasteiger partial charge < -0.3 is 4.90 Å². The number of likely N-dealkylation sites (N-methyl/N-ethyl adjacent to an activating group) is 1. The highest BCUT2D eigenvalue weighted by atomic mass is 16.2. The molecule has 5 nitrogen and oxygen atoms in total. The molecule has 0 bridgehead atoms. The van der Waals surface area contributed by atoms with Crippen molar-refractivity contribution in [1.82, 2.24) is 14.7 Å². The first-order valence-corrected chi connectivity index (χ1v) is 9.34. The number of carbonyl (C=O) groups is 2. The summed E-state index contributed by atoms with van der Waals surface area (Å²) in [6, 6.07) is 6.94. The van der Waals surface area contributed by atoms with E-state index in [1.807, 2.05) is 20.8 Å². The SMILES string of the molecule is C.C.CC(C)(C)N1C(=O)c2ccccc2C1=O.CN1CCN(C(C)(C)C)CC1. The highest BCUT2D eigenvalue weighted by Crippen LogP contribution is 2.28. The molecule has 1 saturated heterocycles. The van der Waals surface area contributed by atoms with Gasteiger partial charge in [0.25, 0.3) is 11.8 Å². The van der Waals surface area contributed by atoms with E-state index >= 15 is 0 Å². The lowest BCUT2D eigenvalue weighted by Crippen LogP contribution is -2.52. The molecule has 1 aromatic carbocycles. The maximum Gasteiger partial charge on any atom is 0.262 e. The van der Waals surface area contributed by atoms with Crippen molar-refractivity contribution in [3.63, 3.8) is 0 Å². The molecule has 0 spiro atoms. The van der Waals surface area contributed by atoms with Crippen LogP contribution in [0.25, 0.3) is 0 Å². The Bertz CT molecular complexity index is 628. The van der Waals surface area contributed by atoms with Crippen LogP contribution in [0.1, 0.15) is 77.1 Å². The van der Waals surface area contributed by atoms with Gasteiger partial charge in [0.15, 0.2) is 0 Å². The van der Waals surface area contributed by atoms with Crippen LogP contribution in [0.15, 0.2) is 24.3 Å². The van der Waals surface area contributed by atoms with Crippen LogP contribution in [0.4, 0.5) is 0 Å². The van der Waals surface area contributed by atoms with Gasteiger partial charge in [-0.05, 0) is 60.7 Å². The maximum absolute atomic E-state index is 12.0. The van der Waals surface area contributed by atoms with Crippen molar-refractivity contribution in [2.24, 2.45) is 0 Å². The van der Waals surface area contributed by atoms with E-state index < -0.39 is 5.54 Å². The Kier molecular flexibility index (Phi) is 9.07. The third-order valence-electron chi connectivity index (χ3n) is 4.92. The van der Waals surface area contributed by atoms with Crippen molar-refractivity contribution in [2.75, 3.05) is 33.2 Å². The molecule has 0 saturated carbocycles. The van der Waals surface area contributed by atoms with Gasteiger partial charge in [0.2, 0.25) is 0 Å². The van der Waals surface area contributed by atoms with Gasteiger partial charge in [0, 0.05) is 37.3 Å². The molecule has 28 heavy (non-hydrogen) atoms. The summed E-state index contributed by atoms with van der Waals surface area (Å²) >= 11 is 0. The summed E-state index contributed by atoms with van der Waals surface area (Å²) in [5, 5.41) is 0. The number of hydrogen-bond donors (Lipinski definition) is 0. The van der Waals surface area contributed by atoms with E-state index in [0.717, 1.165) is 0 Å². The molecule has 2 heterocycles. The van der Waals surface area contributed by atoms with E-state index in [0.29, 0.717) is 16.7 Å². The Morgan fingerprint density at radius 1 is 0.714 bits per heavy atom. The first-order chi connectivity index (χ1) is 11.9. The minimum Gasteiger partial charge on any atom is -0.304 e. The molecule has 5 heteroatoms. The van der Waals surface area contributed by atoms with Crippen LogP contribution in [0.5, 0.6) is 0 Å². The number of carbonyl (C=O) groups excluding carboxylic acids is 2. The number of fused-ring (bicyclic) bond motifs is 1. The van der Waals surface area contributed by atoms with E-state index in [1.165, 1.54) is 31.1 Å². The molecule has 160 valence electrons. The van der Waals surface area contributed by atoms with Crippen LogP contribution in [-0.2, 0) is 0 Å². The van der Waals surface area contributed by atoms with E-state index in [9.17, 15) is 9.59 Å². The Labute approximate surface area is 172 Å². The molecule has 0 unspecified atom stereocenters. The Hall–Kier alpha value is -1.72. The molecule has 3 rings (SSSR count). The van der Waals surface area contributed by atoms with Crippen LogP contribution in [0, 0.1) is 0 Å². The average Bonchev–Trinajstić information content (AvgIpc) is 2.79. The number of rotatable bonds is 0. The highest BCUT2D eigenvalue weighted by Gasteiger charge is 2.41. The van der Waals surface area contributed by atoms with Crippen LogP contribution in [-0.4, -0.2) is 70.8 Å². The zero-order valence-corrected chi connectivity index (χ0v) is 17.3. The molecule has 0 N–H and O–H groups in total. The summed E-state index contributed by atoms with van der Waals surface area (Å²) in [5.41, 5.74) is 0.920. The third-order valence-corrected chi connectivity index (χ3v) is 4.92. The fourth-order valence-electron chi connectivity index (χ4n) is 3.28. The second-order valence-electron chi connectivity index (χ2n) is 9.12. The zero-order valence-electron chi connectivity index (χ0n) is 17.3. The van der Waals surface area contributed by atoms with E-state index in [-0.39, 0.29) is 26.7 Å². The Balaban J connectivity index is 0.000000507. The van der Waals surface area contributed by atoms with Crippen LogP contribution in [0.2, 0.25) is 0 Å². The summed E-state index contributed by atoms with van der Waals surface area (Å²) in [6.07, 6.45) is 0. The summed E-state index contributed by atoms with van der Waals surface area (Å²) in [7, 11) is 2.19. The van der Waals surface area contributed by atoms with Crippen LogP contribution >= 0.6 is 0 Å². The van der Waals surface area contributed by atoms with Gasteiger partial charge in [-0.3, -0.25) is 19.4 Å². The minimum atomic E-state index is -0.465. The second kappa shape index (κ2) is 9.66. The fraction of sp³-hybridized carbons (Fsp3) is 0.652. The molecule has 0 atom stereocenters. The molecule has 0 radical (unpaired) electrons. The first kappa shape index (κ1) is 26.3. The number of nitrogens with zero attached hydrogens (tertiary/aromatic N) is 3. The van der Waals surface area contributed by atoms with Crippen molar-refractivity contribution in [3.05, 3.63) is 35.4 Å². The quantitative estimate of drug-likeness (QED) is 0.616. The largest absolute Gasteiger partial charge is 0.304 e. The molecule has 0 aliphatic carbocycles. The Morgan fingerprint density at radius 2 is 1.11 bits per heavy atom. The maximum atomic E-state index is 12.0. The van der Waals surface area contributed by atoms with Gasteiger partial charge in [-0.1, -0.05) is 27.0 Å². The second-order valence-corrected chi connectivity index (χ2v) is 9.12. The van der Waals surface area contributed by atoms with Gasteiger partial charge >= 0.3 is 0 Å². The minimum absolute atomic E-state index is 0. The van der Waals surface area contributed by atoms with E-state index in [4.69, 9.17) is 0 Å². The normalized spacial score (nSPS) is 17.9. The van der Waals surface area contributed by atoms with Crippen LogP contribution in [0.3, 0.4) is 0 Å². The molecular formula is C23H41N3O2. The van der Waals surface area contributed by atoms with Crippen molar-refractivity contribution >= 4 is 11.8 Å². The predicted octanol–water partition coefficient (Wildman–Crippen LogP) is 4.39. The van der Waals surface area contributed by atoms with E-state index in [2.05, 4.69) is 37.6 Å². The summed E-state index contributed by atoms with van der Waals surface area (Å²) in [5.74, 6) is -0.383. The summed E-state index contributed by atoms with van der Waals surface area (Å²) < 4.78 is 0. The van der Waals surface area contributed by atoms with Crippen molar-refractivity contribution in [2.45, 2.75) is 67.5 Å². The zero-order chi connectivity index (χ0) is 19.7. The van der Waals surface area contributed by atoms with Crippen LogP contribution < -0.4 is 0 Å². The monoisotopic (exact) mass is 391 g/mol. The lowest BCUT2D eigenvalue weighted by molar-refractivity contribution is 0.0507. The number of amides is 2.